The third kappa shape index (κ3) is 12.1. The fourth-order valence-electron chi connectivity index (χ4n) is 4.43. The van der Waals surface area contributed by atoms with Gasteiger partial charge in [0.15, 0.2) is 0 Å². The molecule has 28 heavy (non-hydrogen) atoms. The Balaban J connectivity index is 3.90. The molecular weight excluding hydrogens is 387 g/mol. The Morgan fingerprint density at radius 1 is 0.571 bits per heavy atom. The first-order valence-electron chi connectivity index (χ1n) is 12.2. The van der Waals surface area contributed by atoms with E-state index in [0.29, 0.717) is 0 Å². The predicted molar refractivity (Wildman–Crippen MR) is 130 cm³/mol. The molecule has 3 nitrogen and oxygen atoms in total. The van der Waals surface area contributed by atoms with Crippen LogP contribution < -0.4 is 0 Å². The molecule has 0 aromatic heterocycles. The van der Waals surface area contributed by atoms with Crippen molar-refractivity contribution in [2.24, 2.45) is 0 Å². The van der Waals surface area contributed by atoms with Crippen molar-refractivity contribution >= 4 is 16.9 Å². The zero-order valence-corrected chi connectivity index (χ0v) is 21.5. The second kappa shape index (κ2) is 15.2. The molecule has 0 rings (SSSR count). The van der Waals surface area contributed by atoms with E-state index in [0.717, 1.165) is 31.1 Å². The van der Waals surface area contributed by atoms with Crippen molar-refractivity contribution in [1.29, 1.82) is 0 Å². The van der Waals surface area contributed by atoms with Crippen LogP contribution in [-0.2, 0) is 14.1 Å². The van der Waals surface area contributed by atoms with E-state index < -0.39 is 16.9 Å². The molecule has 0 unspecified atom stereocenters. The van der Waals surface area contributed by atoms with Crippen LogP contribution in [0.1, 0.15) is 118 Å². The van der Waals surface area contributed by atoms with Gasteiger partial charge >= 0.3 is 152 Å². The van der Waals surface area contributed by atoms with Gasteiger partial charge in [-0.25, -0.2) is 0 Å². The van der Waals surface area contributed by atoms with Gasteiger partial charge < -0.3 is 0 Å². The normalized spacial score (nSPS) is 14.1. The summed E-state index contributed by atoms with van der Waals surface area (Å²) < 4.78 is 29.7. The zero-order valence-electron chi connectivity index (χ0n) is 19.8. The van der Waals surface area contributed by atoms with Gasteiger partial charge in [-0.05, 0) is 0 Å². The monoisotopic (exact) mass is 438 g/mol. The van der Waals surface area contributed by atoms with Crippen LogP contribution in [0.5, 0.6) is 0 Å². The third-order valence-corrected chi connectivity index (χ3v) is 15.8. The van der Waals surface area contributed by atoms with Gasteiger partial charge in [0.2, 0.25) is 0 Å². The van der Waals surface area contributed by atoms with Crippen LogP contribution in [0.2, 0.25) is 0 Å². The molecular formula is C23H51O3PS. The summed E-state index contributed by atoms with van der Waals surface area (Å²) in [4.78, 5) is 0. The summed E-state index contributed by atoms with van der Waals surface area (Å²) in [7, 11) is -3.39. The molecule has 0 aromatic rings. The van der Waals surface area contributed by atoms with Gasteiger partial charge in [-0.3, -0.25) is 0 Å². The quantitative estimate of drug-likeness (QED) is 0.143. The first kappa shape index (κ1) is 28.3. The van der Waals surface area contributed by atoms with Crippen molar-refractivity contribution in [2.45, 2.75) is 118 Å². The standard InChI is InChI=1S/C23H51O3PS/c1-6-10-11-12-13-14-15-16-17-18-19-20-21-22-23-27(7-2,8-3,9-4)26-28(5,24)25/h6-23H2,1-5H3. The van der Waals surface area contributed by atoms with Gasteiger partial charge in [-0.1, -0.05) is 26.2 Å². The Kier molecular flexibility index (Phi) is 15.4. The van der Waals surface area contributed by atoms with E-state index in [2.05, 4.69) is 27.7 Å². The van der Waals surface area contributed by atoms with E-state index in [4.69, 9.17) is 3.97 Å². The third-order valence-electron chi connectivity index (χ3n) is 6.82. The summed E-state index contributed by atoms with van der Waals surface area (Å²) in [6.07, 6.45) is 23.7. The molecule has 0 aliphatic rings. The molecule has 0 aliphatic carbocycles. The number of rotatable bonds is 20. The first-order chi connectivity index (χ1) is 13.3. The predicted octanol–water partition coefficient (Wildman–Crippen LogP) is 7.97. The van der Waals surface area contributed by atoms with E-state index in [1.807, 2.05) is 0 Å². The molecule has 0 bridgehead atoms. The van der Waals surface area contributed by atoms with Gasteiger partial charge in [-0.15, -0.1) is 0 Å². The summed E-state index contributed by atoms with van der Waals surface area (Å²) in [5.74, 6) is 0. The summed E-state index contributed by atoms with van der Waals surface area (Å²) >= 11 is 0. The Morgan fingerprint density at radius 3 is 1.18 bits per heavy atom. The van der Waals surface area contributed by atoms with Crippen LogP contribution in [0.25, 0.3) is 0 Å². The van der Waals surface area contributed by atoms with Crippen LogP contribution in [0.15, 0.2) is 0 Å². The molecule has 0 saturated carbocycles. The summed E-state index contributed by atoms with van der Waals surface area (Å²) in [5, 5.41) is 0. The Bertz CT molecular complexity index is 461. The zero-order chi connectivity index (χ0) is 21.4. The molecule has 0 aliphatic heterocycles. The minimum atomic E-state index is -3.39. The van der Waals surface area contributed by atoms with Crippen LogP contribution in [0.3, 0.4) is 0 Å². The van der Waals surface area contributed by atoms with Crippen molar-refractivity contribution < 1.29 is 12.4 Å². The summed E-state index contributed by atoms with van der Waals surface area (Å²) in [6, 6.07) is 0. The van der Waals surface area contributed by atoms with Gasteiger partial charge in [-0.2, -0.15) is 0 Å². The molecule has 0 atom stereocenters. The Hall–Kier alpha value is 0.340. The number of hydrogen-bond donors (Lipinski definition) is 0. The van der Waals surface area contributed by atoms with Gasteiger partial charge in [0, 0.05) is 0 Å². The summed E-state index contributed by atoms with van der Waals surface area (Å²) in [6.45, 7) is 6.07. The molecule has 5 heteroatoms. The molecule has 0 spiro atoms. The van der Waals surface area contributed by atoms with E-state index in [-0.39, 0.29) is 0 Å². The summed E-state index contributed by atoms with van der Waals surface area (Å²) in [5.41, 5.74) is 0. The molecule has 172 valence electrons. The van der Waals surface area contributed by atoms with Crippen molar-refractivity contribution in [3.8, 4) is 0 Å². The first-order valence-corrected chi connectivity index (χ1v) is 16.9. The van der Waals surface area contributed by atoms with Gasteiger partial charge in [0.25, 0.3) is 0 Å². The molecule has 0 saturated heterocycles. The topological polar surface area (TPSA) is 43.4 Å². The van der Waals surface area contributed by atoms with Crippen LogP contribution >= 0.6 is 6.83 Å². The average Bonchev–Trinajstić information content (AvgIpc) is 2.66. The van der Waals surface area contributed by atoms with Crippen LogP contribution in [0.4, 0.5) is 0 Å². The molecule has 0 amide bonds. The van der Waals surface area contributed by atoms with Crippen molar-refractivity contribution in [1.82, 2.24) is 0 Å². The molecule has 0 radical (unpaired) electrons. The van der Waals surface area contributed by atoms with E-state index in [1.165, 1.54) is 89.7 Å². The molecule has 0 fully saturated rings. The van der Waals surface area contributed by atoms with E-state index in [9.17, 15) is 8.42 Å². The molecule has 0 heterocycles. The van der Waals surface area contributed by atoms with E-state index in [1.54, 1.807) is 0 Å². The van der Waals surface area contributed by atoms with Crippen LogP contribution in [0, 0.1) is 0 Å². The van der Waals surface area contributed by atoms with Gasteiger partial charge in [0.05, 0.1) is 0 Å². The maximum atomic E-state index is 11.9. The molecule has 0 aromatic carbocycles. The second-order valence-corrected chi connectivity index (χ2v) is 17.0. The van der Waals surface area contributed by atoms with E-state index >= 15 is 0 Å². The Morgan fingerprint density at radius 2 is 0.893 bits per heavy atom. The second-order valence-electron chi connectivity index (χ2n) is 8.91. The average molecular weight is 439 g/mol. The SMILES string of the molecule is CCCCCCCCCCCCCCCCP(CC)(CC)(CC)OS(C)(=O)=O. The van der Waals surface area contributed by atoms with Crippen LogP contribution in [-0.4, -0.2) is 39.3 Å². The van der Waals surface area contributed by atoms with Crippen molar-refractivity contribution in [3.05, 3.63) is 0 Å². The van der Waals surface area contributed by atoms with Crippen molar-refractivity contribution in [2.75, 3.05) is 30.9 Å². The number of hydrogen-bond acceptors (Lipinski definition) is 3. The van der Waals surface area contributed by atoms with Crippen molar-refractivity contribution in [3.63, 3.8) is 0 Å². The Labute approximate surface area is 177 Å². The van der Waals surface area contributed by atoms with Gasteiger partial charge in [0.1, 0.15) is 0 Å². The number of unbranched alkanes of at least 4 members (excludes halogenated alkanes) is 13. The maximum absolute atomic E-state index is 11.9. The fraction of sp³-hybridized carbons (Fsp3) is 1.00. The molecule has 0 N–H and O–H groups in total. The fourth-order valence-corrected chi connectivity index (χ4v) is 12.4. The minimum absolute atomic E-state index is 0.879.